The summed E-state index contributed by atoms with van der Waals surface area (Å²) in [6, 6.07) is 18.0. The number of aryl methyl sites for hydroxylation is 1. The van der Waals surface area contributed by atoms with E-state index >= 15 is 0 Å². The fourth-order valence-electron chi connectivity index (χ4n) is 3.77. The van der Waals surface area contributed by atoms with Crippen LogP contribution >= 0.6 is 0 Å². The zero-order valence-electron chi connectivity index (χ0n) is 17.8. The Morgan fingerprint density at radius 3 is 2.45 bits per heavy atom. The van der Waals surface area contributed by atoms with Gasteiger partial charge in [-0.15, -0.1) is 0 Å². The number of para-hydroxylation sites is 1. The Balaban J connectivity index is 1.42. The second-order valence-corrected chi connectivity index (χ2v) is 9.07. The van der Waals surface area contributed by atoms with Gasteiger partial charge in [0, 0.05) is 35.8 Å². The summed E-state index contributed by atoms with van der Waals surface area (Å²) in [6.45, 7) is 0. The molecule has 1 aliphatic rings. The van der Waals surface area contributed by atoms with E-state index in [1.54, 1.807) is 6.08 Å². The summed E-state index contributed by atoms with van der Waals surface area (Å²) in [5.41, 5.74) is 2.23. The standard InChI is InChI=1S/C25H19NO6S/c1-26-15-16(20-5-3-4-6-22(20)26)13-24-25(27)21-12-9-18(14-23(21)31-24)32-33(28,29)19-10-7-17(30-2)8-11-19/h3-15H,1-2H3. The van der Waals surface area contributed by atoms with Crippen LogP contribution < -0.4 is 13.7 Å². The average Bonchev–Trinajstić information content (AvgIpc) is 3.30. The molecule has 166 valence electrons. The van der Waals surface area contributed by atoms with Gasteiger partial charge in [0.15, 0.2) is 5.76 Å². The second kappa shape index (κ2) is 7.83. The molecular weight excluding hydrogens is 442 g/mol. The molecular formula is C25H19NO6S. The van der Waals surface area contributed by atoms with Crippen LogP contribution in [-0.2, 0) is 17.2 Å². The lowest BCUT2D eigenvalue weighted by Gasteiger charge is -2.08. The van der Waals surface area contributed by atoms with Crippen LogP contribution in [0.2, 0.25) is 0 Å². The Hall–Kier alpha value is -4.04. The van der Waals surface area contributed by atoms with E-state index in [4.69, 9.17) is 13.7 Å². The minimum absolute atomic E-state index is 0.0164. The maximum Gasteiger partial charge on any atom is 0.339 e. The average molecular weight is 461 g/mol. The quantitative estimate of drug-likeness (QED) is 0.320. The lowest BCUT2D eigenvalue weighted by molar-refractivity contribution is 0.101. The third-order valence-corrected chi connectivity index (χ3v) is 6.67. The van der Waals surface area contributed by atoms with Crippen molar-refractivity contribution in [2.45, 2.75) is 4.90 Å². The summed E-state index contributed by atoms with van der Waals surface area (Å²) in [6.07, 6.45) is 3.62. The van der Waals surface area contributed by atoms with Crippen molar-refractivity contribution in [3.05, 3.63) is 89.8 Å². The fraction of sp³-hybridized carbons (Fsp3) is 0.0800. The first-order chi connectivity index (χ1) is 15.9. The van der Waals surface area contributed by atoms with Crippen LogP contribution in [0.5, 0.6) is 17.2 Å². The lowest BCUT2D eigenvalue weighted by Crippen LogP contribution is -2.09. The van der Waals surface area contributed by atoms with Gasteiger partial charge in [0.1, 0.15) is 22.1 Å². The van der Waals surface area contributed by atoms with E-state index in [-0.39, 0.29) is 27.9 Å². The van der Waals surface area contributed by atoms with E-state index in [1.165, 1.54) is 49.6 Å². The molecule has 8 heteroatoms. The molecule has 0 unspecified atom stereocenters. The summed E-state index contributed by atoms with van der Waals surface area (Å²) in [4.78, 5) is 12.8. The highest BCUT2D eigenvalue weighted by Gasteiger charge is 2.29. The normalized spacial score (nSPS) is 14.4. The lowest BCUT2D eigenvalue weighted by atomic mass is 10.1. The summed E-state index contributed by atoms with van der Waals surface area (Å²) in [5.74, 6) is 0.709. The Bertz CT molecular complexity index is 1530. The van der Waals surface area contributed by atoms with Gasteiger partial charge < -0.3 is 18.2 Å². The van der Waals surface area contributed by atoms with Crippen molar-refractivity contribution in [1.29, 1.82) is 0 Å². The Kier molecular flexibility index (Phi) is 4.94. The number of aromatic nitrogens is 1. The van der Waals surface area contributed by atoms with Crippen LogP contribution in [0, 0.1) is 0 Å². The maximum absolute atomic E-state index is 12.9. The van der Waals surface area contributed by atoms with Gasteiger partial charge in [-0.2, -0.15) is 8.42 Å². The number of rotatable bonds is 5. The molecule has 0 spiro atoms. The molecule has 0 radical (unpaired) electrons. The number of nitrogens with zero attached hydrogens (tertiary/aromatic N) is 1. The SMILES string of the molecule is COc1ccc(S(=O)(=O)Oc2ccc3c(c2)OC(=Cc2cn(C)c4ccccc24)C3=O)cc1. The number of Topliss-reactive ketones (excluding diaryl/α,β-unsaturated/α-hetero) is 1. The number of carbonyl (C=O) groups excluding carboxylic acids is 1. The monoisotopic (exact) mass is 461 g/mol. The molecule has 4 aromatic rings. The third-order valence-electron chi connectivity index (χ3n) is 5.41. The first kappa shape index (κ1) is 20.8. The molecule has 0 atom stereocenters. The molecule has 3 aromatic carbocycles. The number of allylic oxidation sites excluding steroid dienone is 1. The Labute approximate surface area is 190 Å². The first-order valence-corrected chi connectivity index (χ1v) is 11.5. The van der Waals surface area contributed by atoms with Gasteiger partial charge in [0.25, 0.3) is 0 Å². The van der Waals surface area contributed by atoms with Crippen LogP contribution in [0.25, 0.3) is 17.0 Å². The van der Waals surface area contributed by atoms with Crippen molar-refractivity contribution < 1.29 is 26.9 Å². The van der Waals surface area contributed by atoms with E-state index in [1.807, 2.05) is 42.1 Å². The van der Waals surface area contributed by atoms with Gasteiger partial charge in [-0.05, 0) is 48.5 Å². The summed E-state index contributed by atoms with van der Waals surface area (Å²) in [5, 5.41) is 0.995. The van der Waals surface area contributed by atoms with E-state index in [0.717, 1.165) is 16.5 Å². The van der Waals surface area contributed by atoms with Crippen molar-refractivity contribution >= 4 is 32.9 Å². The molecule has 0 amide bonds. The molecule has 0 fully saturated rings. The van der Waals surface area contributed by atoms with Crippen LogP contribution in [0.4, 0.5) is 0 Å². The maximum atomic E-state index is 12.9. The van der Waals surface area contributed by atoms with Gasteiger partial charge >= 0.3 is 10.1 Å². The van der Waals surface area contributed by atoms with E-state index < -0.39 is 10.1 Å². The molecule has 33 heavy (non-hydrogen) atoms. The van der Waals surface area contributed by atoms with Crippen molar-refractivity contribution in [3.63, 3.8) is 0 Å². The molecule has 0 N–H and O–H groups in total. The molecule has 1 aliphatic heterocycles. The molecule has 5 rings (SSSR count). The molecule has 7 nitrogen and oxygen atoms in total. The van der Waals surface area contributed by atoms with Gasteiger partial charge in [0.2, 0.25) is 5.78 Å². The number of ether oxygens (including phenoxy) is 2. The molecule has 0 saturated heterocycles. The largest absolute Gasteiger partial charge is 0.497 e. The second-order valence-electron chi connectivity index (χ2n) is 7.52. The first-order valence-electron chi connectivity index (χ1n) is 10.1. The number of ketones is 1. The number of hydrogen-bond acceptors (Lipinski definition) is 6. The highest BCUT2D eigenvalue weighted by Crippen LogP contribution is 2.36. The molecule has 0 aliphatic carbocycles. The fourth-order valence-corrected chi connectivity index (χ4v) is 4.69. The number of benzene rings is 3. The third kappa shape index (κ3) is 3.74. The smallest absolute Gasteiger partial charge is 0.339 e. The molecule has 2 heterocycles. The predicted molar refractivity (Wildman–Crippen MR) is 123 cm³/mol. The van der Waals surface area contributed by atoms with Crippen LogP contribution in [-0.4, -0.2) is 25.9 Å². The molecule has 1 aromatic heterocycles. The summed E-state index contributed by atoms with van der Waals surface area (Å²) < 4.78 is 43.3. The van der Waals surface area contributed by atoms with Gasteiger partial charge in [-0.3, -0.25) is 4.79 Å². The summed E-state index contributed by atoms with van der Waals surface area (Å²) in [7, 11) is -0.638. The van der Waals surface area contributed by atoms with Crippen LogP contribution in [0.1, 0.15) is 15.9 Å². The molecule has 0 bridgehead atoms. The highest BCUT2D eigenvalue weighted by atomic mass is 32.2. The van der Waals surface area contributed by atoms with Crippen molar-refractivity contribution in [2.75, 3.05) is 7.11 Å². The van der Waals surface area contributed by atoms with Crippen molar-refractivity contribution in [2.24, 2.45) is 7.05 Å². The topological polar surface area (TPSA) is 83.8 Å². The highest BCUT2D eigenvalue weighted by molar-refractivity contribution is 7.87. The van der Waals surface area contributed by atoms with Gasteiger partial charge in [-0.25, -0.2) is 0 Å². The van der Waals surface area contributed by atoms with Gasteiger partial charge in [0.05, 0.1) is 12.7 Å². The number of fused-ring (bicyclic) bond motifs is 2. The van der Waals surface area contributed by atoms with Crippen molar-refractivity contribution in [3.8, 4) is 17.2 Å². The Morgan fingerprint density at radius 2 is 1.70 bits per heavy atom. The van der Waals surface area contributed by atoms with Gasteiger partial charge in [-0.1, -0.05) is 18.2 Å². The zero-order chi connectivity index (χ0) is 23.2. The summed E-state index contributed by atoms with van der Waals surface area (Å²) >= 11 is 0. The number of methoxy groups -OCH3 is 1. The number of carbonyl (C=O) groups is 1. The molecule has 0 saturated carbocycles. The van der Waals surface area contributed by atoms with Crippen LogP contribution in [0.15, 0.2) is 83.6 Å². The van der Waals surface area contributed by atoms with E-state index in [0.29, 0.717) is 11.3 Å². The Morgan fingerprint density at radius 1 is 0.970 bits per heavy atom. The van der Waals surface area contributed by atoms with E-state index in [9.17, 15) is 13.2 Å². The minimum Gasteiger partial charge on any atom is -0.497 e. The van der Waals surface area contributed by atoms with E-state index in [2.05, 4.69) is 0 Å². The zero-order valence-corrected chi connectivity index (χ0v) is 18.6. The number of hydrogen-bond donors (Lipinski definition) is 0. The van der Waals surface area contributed by atoms with Crippen LogP contribution in [0.3, 0.4) is 0 Å². The predicted octanol–water partition coefficient (Wildman–Crippen LogP) is 4.57. The minimum atomic E-state index is -4.07. The van der Waals surface area contributed by atoms with Crippen molar-refractivity contribution in [1.82, 2.24) is 4.57 Å².